The van der Waals surface area contributed by atoms with Crippen molar-refractivity contribution in [1.29, 1.82) is 0 Å². The van der Waals surface area contributed by atoms with Crippen LogP contribution < -0.4 is 0 Å². The fourth-order valence-electron chi connectivity index (χ4n) is 0.525. The molecule has 0 aromatic heterocycles. The van der Waals surface area contributed by atoms with Gasteiger partial charge in [0.15, 0.2) is 0 Å². The second-order valence-electron chi connectivity index (χ2n) is 1.68. The number of hydrogen-bond donors (Lipinski definition) is 0. The van der Waals surface area contributed by atoms with E-state index in [1.54, 1.807) is 0 Å². The van der Waals surface area contributed by atoms with Gasteiger partial charge in [-0.25, -0.2) is 8.78 Å². The minimum Gasteiger partial charge on any atom is -0.206 e. The maximum atomic E-state index is 12.5. The molecule has 1 aromatic rings. The highest BCUT2D eigenvalue weighted by atomic mass is 127. The minimum absolute atomic E-state index is 0.104. The largest absolute Gasteiger partial charge is 0.206 e. The van der Waals surface area contributed by atoms with Gasteiger partial charge in [-0.15, -0.1) is 0 Å². The van der Waals surface area contributed by atoms with Crippen molar-refractivity contribution in [1.82, 2.24) is 0 Å². The van der Waals surface area contributed by atoms with Gasteiger partial charge in [0.05, 0.1) is 4.47 Å². The molecule has 0 bridgehead atoms. The fraction of sp³-hybridized carbons (Fsp3) is 0. The highest BCUT2D eigenvalue weighted by molar-refractivity contribution is 14.1. The molecule has 0 saturated heterocycles. The normalized spacial score (nSPS) is 10.0. The van der Waals surface area contributed by atoms with E-state index in [4.69, 9.17) is 0 Å². The number of halogens is 4. The van der Waals surface area contributed by atoms with E-state index >= 15 is 0 Å². The zero-order valence-electron chi connectivity index (χ0n) is 4.67. The molecule has 0 N–H and O–H groups in total. The number of benzene rings is 1. The summed E-state index contributed by atoms with van der Waals surface area (Å²) in [6.45, 7) is 0. The number of hydrogen-bond acceptors (Lipinski definition) is 0. The van der Waals surface area contributed by atoms with E-state index in [-0.39, 0.29) is 4.47 Å². The van der Waals surface area contributed by atoms with Crippen molar-refractivity contribution in [2.24, 2.45) is 0 Å². The molecule has 0 aliphatic carbocycles. The van der Waals surface area contributed by atoms with Crippen LogP contribution in [0.2, 0.25) is 0 Å². The topological polar surface area (TPSA) is 0 Å². The molecule has 0 aliphatic heterocycles. The monoisotopic (exact) mass is 318 g/mol. The number of rotatable bonds is 0. The summed E-state index contributed by atoms with van der Waals surface area (Å²) in [5, 5.41) is 0. The van der Waals surface area contributed by atoms with Gasteiger partial charge in [0.25, 0.3) is 0 Å². The maximum absolute atomic E-state index is 12.5. The van der Waals surface area contributed by atoms with Crippen LogP contribution in [-0.2, 0) is 0 Å². The first kappa shape index (κ1) is 8.39. The predicted molar refractivity (Wildman–Crippen MR) is 46.8 cm³/mol. The van der Waals surface area contributed by atoms with Crippen molar-refractivity contribution < 1.29 is 8.78 Å². The van der Waals surface area contributed by atoms with Crippen LogP contribution in [0, 0.1) is 15.2 Å². The van der Waals surface area contributed by atoms with E-state index in [0.29, 0.717) is 3.57 Å². The smallest absolute Gasteiger partial charge is 0.141 e. The Labute approximate surface area is 78.9 Å². The van der Waals surface area contributed by atoms with Crippen LogP contribution >= 0.6 is 38.5 Å². The molecular weight excluding hydrogens is 317 g/mol. The first-order valence-corrected chi connectivity index (χ1v) is 4.28. The van der Waals surface area contributed by atoms with Gasteiger partial charge in [0.2, 0.25) is 0 Å². The van der Waals surface area contributed by atoms with Gasteiger partial charge in [-0.2, -0.15) is 0 Å². The molecule has 10 heavy (non-hydrogen) atoms. The summed E-state index contributed by atoms with van der Waals surface area (Å²) in [5.74, 6) is -1.13. The predicted octanol–water partition coefficient (Wildman–Crippen LogP) is 3.33. The van der Waals surface area contributed by atoms with Crippen LogP contribution in [0.5, 0.6) is 0 Å². The Morgan fingerprint density at radius 1 is 1.20 bits per heavy atom. The van der Waals surface area contributed by atoms with E-state index in [1.165, 1.54) is 12.1 Å². The van der Waals surface area contributed by atoms with Crippen LogP contribution in [0.1, 0.15) is 0 Å². The molecule has 0 fully saturated rings. The molecule has 1 rings (SSSR count). The quantitative estimate of drug-likeness (QED) is 0.391. The van der Waals surface area contributed by atoms with Crippen molar-refractivity contribution in [2.45, 2.75) is 0 Å². The molecule has 0 unspecified atom stereocenters. The standard InChI is InChI=1S/C6H2BrF2I/c7-6-4(8)1-3(10)2-5(6)9/h1-2H. The minimum atomic E-state index is -0.565. The molecule has 54 valence electrons. The lowest BCUT2D eigenvalue weighted by Crippen LogP contribution is -1.84. The third-order valence-corrected chi connectivity index (χ3v) is 2.33. The summed E-state index contributed by atoms with van der Waals surface area (Å²) >= 11 is 4.61. The van der Waals surface area contributed by atoms with Crippen LogP contribution in [-0.4, -0.2) is 0 Å². The average molecular weight is 319 g/mol. The summed E-state index contributed by atoms with van der Waals surface area (Å²) in [4.78, 5) is 0. The average Bonchev–Trinajstić information content (AvgIpc) is 1.82. The molecule has 0 aliphatic rings. The van der Waals surface area contributed by atoms with E-state index < -0.39 is 11.6 Å². The first-order valence-electron chi connectivity index (χ1n) is 2.41. The molecule has 4 heteroatoms. The highest BCUT2D eigenvalue weighted by Gasteiger charge is 2.05. The Bertz CT molecular complexity index is 239. The van der Waals surface area contributed by atoms with Gasteiger partial charge in [0, 0.05) is 3.57 Å². The third kappa shape index (κ3) is 1.66. The lowest BCUT2D eigenvalue weighted by Gasteiger charge is -1.95. The Hall–Kier alpha value is 0.290. The van der Waals surface area contributed by atoms with Gasteiger partial charge in [-0.05, 0) is 50.7 Å². The summed E-state index contributed by atoms with van der Waals surface area (Å²) < 4.78 is 25.5. The Morgan fingerprint density at radius 2 is 1.60 bits per heavy atom. The second kappa shape index (κ2) is 3.13. The van der Waals surface area contributed by atoms with Crippen LogP contribution in [0.3, 0.4) is 0 Å². The van der Waals surface area contributed by atoms with Gasteiger partial charge < -0.3 is 0 Å². The molecule has 1 aromatic carbocycles. The Balaban J connectivity index is 3.31. The molecule has 0 saturated carbocycles. The van der Waals surface area contributed by atoms with Crippen molar-refractivity contribution in [2.75, 3.05) is 0 Å². The van der Waals surface area contributed by atoms with Crippen molar-refractivity contribution in [3.8, 4) is 0 Å². The molecule has 0 atom stereocenters. The maximum Gasteiger partial charge on any atom is 0.141 e. The molecule has 0 heterocycles. The summed E-state index contributed by atoms with van der Waals surface area (Å²) in [7, 11) is 0. The molecular formula is C6H2BrF2I. The molecule has 0 nitrogen and oxygen atoms in total. The van der Waals surface area contributed by atoms with Crippen molar-refractivity contribution in [3.63, 3.8) is 0 Å². The zero-order valence-corrected chi connectivity index (χ0v) is 8.41. The third-order valence-electron chi connectivity index (χ3n) is 0.949. The lowest BCUT2D eigenvalue weighted by molar-refractivity contribution is 0.570. The van der Waals surface area contributed by atoms with Crippen LogP contribution in [0.25, 0.3) is 0 Å². The second-order valence-corrected chi connectivity index (χ2v) is 3.72. The van der Waals surface area contributed by atoms with E-state index in [9.17, 15) is 8.78 Å². The van der Waals surface area contributed by atoms with Crippen LogP contribution in [0.15, 0.2) is 16.6 Å². The Kier molecular flexibility index (Phi) is 2.62. The Morgan fingerprint density at radius 3 is 2.00 bits per heavy atom. The van der Waals surface area contributed by atoms with E-state index in [1.807, 2.05) is 22.6 Å². The SMILES string of the molecule is Fc1cc(I)cc(F)c1Br. The first-order chi connectivity index (χ1) is 4.61. The zero-order chi connectivity index (χ0) is 7.72. The molecule has 0 spiro atoms. The van der Waals surface area contributed by atoms with Crippen LogP contribution in [0.4, 0.5) is 8.78 Å². The van der Waals surface area contributed by atoms with E-state index in [0.717, 1.165) is 0 Å². The van der Waals surface area contributed by atoms with Crippen molar-refractivity contribution >= 4 is 38.5 Å². The van der Waals surface area contributed by atoms with Crippen molar-refractivity contribution in [3.05, 3.63) is 31.8 Å². The lowest BCUT2D eigenvalue weighted by atomic mass is 10.3. The summed E-state index contributed by atoms with van der Waals surface area (Å²) in [6, 6.07) is 2.52. The summed E-state index contributed by atoms with van der Waals surface area (Å²) in [5.41, 5.74) is 0. The van der Waals surface area contributed by atoms with Gasteiger partial charge >= 0.3 is 0 Å². The molecule has 0 radical (unpaired) electrons. The van der Waals surface area contributed by atoms with Gasteiger partial charge in [-0.3, -0.25) is 0 Å². The van der Waals surface area contributed by atoms with Gasteiger partial charge in [-0.1, -0.05) is 0 Å². The van der Waals surface area contributed by atoms with Gasteiger partial charge in [0.1, 0.15) is 11.6 Å². The fourth-order valence-corrected chi connectivity index (χ4v) is 1.30. The highest BCUT2D eigenvalue weighted by Crippen LogP contribution is 2.21. The van der Waals surface area contributed by atoms with E-state index in [2.05, 4.69) is 15.9 Å². The summed E-state index contributed by atoms with van der Waals surface area (Å²) in [6.07, 6.45) is 0. The molecule has 0 amide bonds.